The molecule has 0 spiro atoms. The largest absolute Gasteiger partial charge is 0.303 e. The minimum Gasteiger partial charge on any atom is -0.303 e. The predicted molar refractivity (Wildman–Crippen MR) is 79.5 cm³/mol. The number of aromatic nitrogens is 2. The number of rotatable bonds is 6. The normalized spacial score (nSPS) is 20.6. The van der Waals surface area contributed by atoms with E-state index in [1.165, 1.54) is 38.2 Å². The summed E-state index contributed by atoms with van der Waals surface area (Å²) in [4.78, 5) is 5.06. The van der Waals surface area contributed by atoms with Crippen molar-refractivity contribution < 1.29 is 0 Å². The predicted octanol–water partition coefficient (Wildman–Crippen LogP) is 1.92. The molecule has 1 aliphatic rings. The van der Waals surface area contributed by atoms with E-state index in [0.29, 0.717) is 0 Å². The summed E-state index contributed by atoms with van der Waals surface area (Å²) in [6, 6.07) is 2.91. The molecule has 0 amide bonds. The molecule has 1 aliphatic heterocycles. The molecule has 0 N–H and O–H groups in total. The van der Waals surface area contributed by atoms with Crippen LogP contribution in [0.4, 0.5) is 0 Å². The Labute approximate surface area is 117 Å². The number of likely N-dealkylation sites (tertiary alicyclic amines) is 1. The SMILES string of the molecule is CCN1CCCC1CN(C)CCn1nc(C)cc1C. The van der Waals surface area contributed by atoms with Crippen LogP contribution in [0.1, 0.15) is 31.2 Å². The van der Waals surface area contributed by atoms with Gasteiger partial charge in [0.05, 0.1) is 12.2 Å². The number of nitrogens with zero attached hydrogens (tertiary/aromatic N) is 4. The van der Waals surface area contributed by atoms with Gasteiger partial charge in [0, 0.05) is 24.8 Å². The fourth-order valence-electron chi connectivity index (χ4n) is 3.14. The molecule has 1 atom stereocenters. The standard InChI is InChI=1S/C15H28N4/c1-5-18-8-6-7-15(18)12-17(4)9-10-19-14(3)11-13(2)16-19/h11,15H,5-10,12H2,1-4H3. The van der Waals surface area contributed by atoms with Crippen LogP contribution in [0.5, 0.6) is 0 Å². The van der Waals surface area contributed by atoms with Crippen molar-refractivity contribution in [2.45, 2.75) is 46.2 Å². The van der Waals surface area contributed by atoms with Crippen molar-refractivity contribution in [1.82, 2.24) is 19.6 Å². The van der Waals surface area contributed by atoms with Crippen LogP contribution >= 0.6 is 0 Å². The third kappa shape index (κ3) is 3.80. The maximum absolute atomic E-state index is 4.52. The molecule has 0 bridgehead atoms. The number of likely N-dealkylation sites (N-methyl/N-ethyl adjacent to an activating group) is 2. The fraction of sp³-hybridized carbons (Fsp3) is 0.800. The van der Waals surface area contributed by atoms with Crippen LogP contribution in [0.2, 0.25) is 0 Å². The summed E-state index contributed by atoms with van der Waals surface area (Å²) in [6.45, 7) is 12.2. The minimum absolute atomic E-state index is 0.760. The quantitative estimate of drug-likeness (QED) is 0.784. The Morgan fingerprint density at radius 2 is 2.21 bits per heavy atom. The second kappa shape index (κ2) is 6.53. The van der Waals surface area contributed by atoms with Crippen LogP contribution in [0.3, 0.4) is 0 Å². The molecule has 19 heavy (non-hydrogen) atoms. The Bertz CT molecular complexity index is 399. The second-order valence-corrected chi connectivity index (χ2v) is 5.84. The highest BCUT2D eigenvalue weighted by molar-refractivity contribution is 5.06. The van der Waals surface area contributed by atoms with Gasteiger partial charge < -0.3 is 4.90 Å². The van der Waals surface area contributed by atoms with Gasteiger partial charge in [-0.05, 0) is 52.9 Å². The van der Waals surface area contributed by atoms with Crippen LogP contribution < -0.4 is 0 Å². The summed E-state index contributed by atoms with van der Waals surface area (Å²) in [7, 11) is 2.23. The van der Waals surface area contributed by atoms with Gasteiger partial charge >= 0.3 is 0 Å². The summed E-state index contributed by atoms with van der Waals surface area (Å²) in [5.74, 6) is 0. The third-order valence-electron chi connectivity index (χ3n) is 4.22. The first-order chi connectivity index (χ1) is 9.10. The lowest BCUT2D eigenvalue weighted by molar-refractivity contribution is 0.194. The lowest BCUT2D eigenvalue weighted by Crippen LogP contribution is -2.39. The van der Waals surface area contributed by atoms with Gasteiger partial charge in [-0.2, -0.15) is 5.10 Å². The van der Waals surface area contributed by atoms with E-state index >= 15 is 0 Å². The Kier molecular flexibility index (Phi) is 4.99. The van der Waals surface area contributed by atoms with E-state index in [4.69, 9.17) is 0 Å². The molecule has 1 unspecified atom stereocenters. The van der Waals surface area contributed by atoms with Crippen LogP contribution in [-0.2, 0) is 6.54 Å². The lowest BCUT2D eigenvalue weighted by Gasteiger charge is -2.27. The maximum Gasteiger partial charge on any atom is 0.0596 e. The van der Waals surface area contributed by atoms with Crippen LogP contribution in [0.25, 0.3) is 0 Å². The fourth-order valence-corrected chi connectivity index (χ4v) is 3.14. The first-order valence-corrected chi connectivity index (χ1v) is 7.53. The van der Waals surface area contributed by atoms with Gasteiger partial charge in [-0.25, -0.2) is 0 Å². The smallest absolute Gasteiger partial charge is 0.0596 e. The van der Waals surface area contributed by atoms with Gasteiger partial charge in [0.25, 0.3) is 0 Å². The highest BCUT2D eigenvalue weighted by Crippen LogP contribution is 2.17. The van der Waals surface area contributed by atoms with E-state index < -0.39 is 0 Å². The molecule has 1 aromatic rings. The summed E-state index contributed by atoms with van der Waals surface area (Å²) < 4.78 is 2.12. The highest BCUT2D eigenvalue weighted by Gasteiger charge is 2.23. The van der Waals surface area contributed by atoms with E-state index in [1.54, 1.807) is 0 Å². The Morgan fingerprint density at radius 1 is 1.42 bits per heavy atom. The molecule has 1 aromatic heterocycles. The zero-order valence-electron chi connectivity index (χ0n) is 12.9. The second-order valence-electron chi connectivity index (χ2n) is 5.84. The van der Waals surface area contributed by atoms with Gasteiger partial charge in [0.15, 0.2) is 0 Å². The zero-order valence-corrected chi connectivity index (χ0v) is 12.9. The van der Waals surface area contributed by atoms with E-state index in [2.05, 4.69) is 53.5 Å². The highest BCUT2D eigenvalue weighted by atomic mass is 15.3. The van der Waals surface area contributed by atoms with Crippen molar-refractivity contribution in [2.24, 2.45) is 0 Å². The monoisotopic (exact) mass is 264 g/mol. The molecule has 2 heterocycles. The van der Waals surface area contributed by atoms with E-state index in [9.17, 15) is 0 Å². The zero-order chi connectivity index (χ0) is 13.8. The third-order valence-corrected chi connectivity index (χ3v) is 4.22. The van der Waals surface area contributed by atoms with Crippen molar-refractivity contribution >= 4 is 0 Å². The number of hydrogen-bond donors (Lipinski definition) is 0. The number of aryl methyl sites for hydroxylation is 2. The minimum atomic E-state index is 0.760. The molecular weight excluding hydrogens is 236 g/mol. The summed E-state index contributed by atoms with van der Waals surface area (Å²) in [5.41, 5.74) is 2.38. The topological polar surface area (TPSA) is 24.3 Å². The molecule has 0 saturated carbocycles. The van der Waals surface area contributed by atoms with Crippen molar-refractivity contribution in [1.29, 1.82) is 0 Å². The van der Waals surface area contributed by atoms with Crippen molar-refractivity contribution in [3.63, 3.8) is 0 Å². The van der Waals surface area contributed by atoms with E-state index in [1.807, 2.05) is 0 Å². The van der Waals surface area contributed by atoms with Gasteiger partial charge in [0.1, 0.15) is 0 Å². The van der Waals surface area contributed by atoms with Gasteiger partial charge in [-0.3, -0.25) is 9.58 Å². The maximum atomic E-state index is 4.52. The molecule has 0 radical (unpaired) electrons. The summed E-state index contributed by atoms with van der Waals surface area (Å²) >= 11 is 0. The molecule has 108 valence electrons. The van der Waals surface area contributed by atoms with Crippen LogP contribution in [0, 0.1) is 13.8 Å². The van der Waals surface area contributed by atoms with Gasteiger partial charge in [0.2, 0.25) is 0 Å². The Hall–Kier alpha value is -0.870. The molecule has 0 aromatic carbocycles. The average Bonchev–Trinajstić information content (AvgIpc) is 2.93. The van der Waals surface area contributed by atoms with E-state index in [0.717, 1.165) is 24.8 Å². The van der Waals surface area contributed by atoms with E-state index in [-0.39, 0.29) is 0 Å². The molecular formula is C15H28N4. The molecule has 4 nitrogen and oxygen atoms in total. The van der Waals surface area contributed by atoms with Crippen LogP contribution in [-0.4, -0.2) is 58.8 Å². The average molecular weight is 264 g/mol. The molecule has 4 heteroatoms. The van der Waals surface area contributed by atoms with Crippen molar-refractivity contribution in [2.75, 3.05) is 33.2 Å². The van der Waals surface area contributed by atoms with Crippen molar-refractivity contribution in [3.8, 4) is 0 Å². The Morgan fingerprint density at radius 3 is 2.84 bits per heavy atom. The first kappa shape index (κ1) is 14.5. The Balaban J connectivity index is 1.78. The first-order valence-electron chi connectivity index (χ1n) is 7.53. The lowest BCUT2D eigenvalue weighted by atomic mass is 10.2. The van der Waals surface area contributed by atoms with Crippen LogP contribution in [0.15, 0.2) is 6.07 Å². The molecule has 2 rings (SSSR count). The van der Waals surface area contributed by atoms with Gasteiger partial charge in [-0.1, -0.05) is 6.92 Å². The summed E-state index contributed by atoms with van der Waals surface area (Å²) in [6.07, 6.45) is 2.72. The molecule has 0 aliphatic carbocycles. The summed E-state index contributed by atoms with van der Waals surface area (Å²) in [5, 5.41) is 4.52. The molecule has 1 fully saturated rings. The molecule has 1 saturated heterocycles. The van der Waals surface area contributed by atoms with Crippen molar-refractivity contribution in [3.05, 3.63) is 17.5 Å². The van der Waals surface area contributed by atoms with Gasteiger partial charge in [-0.15, -0.1) is 0 Å². The number of hydrogen-bond acceptors (Lipinski definition) is 3.